The first kappa shape index (κ1) is 14.0. The minimum absolute atomic E-state index is 0.266. The van der Waals surface area contributed by atoms with Crippen LogP contribution in [-0.4, -0.2) is 21.3 Å². The van der Waals surface area contributed by atoms with Gasteiger partial charge in [-0.15, -0.1) is 0 Å². The van der Waals surface area contributed by atoms with E-state index in [0.717, 1.165) is 5.69 Å². The maximum atomic E-state index is 14.1. The Kier molecular flexibility index (Phi) is 3.98. The Hall–Kier alpha value is -2.43. The van der Waals surface area contributed by atoms with Crippen molar-refractivity contribution in [3.8, 4) is 11.5 Å². The van der Waals surface area contributed by atoms with Crippen LogP contribution >= 0.6 is 0 Å². The molecule has 0 aliphatic carbocycles. The minimum atomic E-state index is -0.420. The molecule has 106 valence electrons. The molecule has 20 heavy (non-hydrogen) atoms. The van der Waals surface area contributed by atoms with E-state index >= 15 is 0 Å². The molecule has 2 aromatic rings. The van der Waals surface area contributed by atoms with Crippen molar-refractivity contribution in [3.05, 3.63) is 42.2 Å². The molecule has 0 spiro atoms. The average Bonchev–Trinajstić information content (AvgIpc) is 2.46. The highest BCUT2D eigenvalue weighted by Crippen LogP contribution is 2.37. The quantitative estimate of drug-likeness (QED) is 0.871. The highest BCUT2D eigenvalue weighted by molar-refractivity contribution is 5.72. The summed E-state index contributed by atoms with van der Waals surface area (Å²) in [5.74, 6) is 0.671. The largest absolute Gasteiger partial charge is 0.495 e. The van der Waals surface area contributed by atoms with Gasteiger partial charge in [0.15, 0.2) is 0 Å². The molecule has 0 bridgehead atoms. The lowest BCUT2D eigenvalue weighted by molar-refractivity contribution is 0.414. The Morgan fingerprint density at radius 3 is 2.30 bits per heavy atom. The number of nitrogens with zero attached hydrogens (tertiary/aromatic N) is 1. The zero-order valence-electron chi connectivity index (χ0n) is 11.7. The Morgan fingerprint density at radius 1 is 1.00 bits per heavy atom. The van der Waals surface area contributed by atoms with Crippen molar-refractivity contribution < 1.29 is 13.9 Å². The smallest absolute Gasteiger partial charge is 0.149 e. The number of nitrogens with two attached hydrogens (primary N) is 1. The van der Waals surface area contributed by atoms with E-state index < -0.39 is 5.82 Å². The number of methoxy groups -OCH3 is 2. The van der Waals surface area contributed by atoms with E-state index in [4.69, 9.17) is 15.2 Å². The minimum Gasteiger partial charge on any atom is -0.495 e. The van der Waals surface area contributed by atoms with Gasteiger partial charge >= 0.3 is 0 Å². The van der Waals surface area contributed by atoms with E-state index in [1.54, 1.807) is 25.1 Å². The van der Waals surface area contributed by atoms with Gasteiger partial charge in [0.05, 0.1) is 31.3 Å². The number of nitrogen functional groups attached to an aromatic ring is 1. The van der Waals surface area contributed by atoms with Crippen LogP contribution in [0.2, 0.25) is 0 Å². The summed E-state index contributed by atoms with van der Waals surface area (Å²) in [7, 11) is 4.83. The first-order valence-corrected chi connectivity index (χ1v) is 6.08. The molecule has 5 heteroatoms. The lowest BCUT2D eigenvalue weighted by Gasteiger charge is -2.23. The lowest BCUT2D eigenvalue weighted by atomic mass is 10.2. The molecule has 0 saturated carbocycles. The lowest BCUT2D eigenvalue weighted by Crippen LogP contribution is -2.13. The zero-order valence-corrected chi connectivity index (χ0v) is 11.7. The number of ether oxygens (including phenoxy) is 2. The molecular weight excluding hydrogens is 259 g/mol. The van der Waals surface area contributed by atoms with Gasteiger partial charge in [-0.2, -0.15) is 0 Å². The second-order valence-corrected chi connectivity index (χ2v) is 4.28. The van der Waals surface area contributed by atoms with E-state index in [9.17, 15) is 4.39 Å². The van der Waals surface area contributed by atoms with Gasteiger partial charge in [0.25, 0.3) is 0 Å². The zero-order chi connectivity index (χ0) is 14.7. The molecule has 0 aliphatic heterocycles. The maximum Gasteiger partial charge on any atom is 0.149 e. The Balaban J connectivity index is 2.50. The van der Waals surface area contributed by atoms with Crippen LogP contribution in [0.25, 0.3) is 0 Å². The monoisotopic (exact) mass is 276 g/mol. The van der Waals surface area contributed by atoms with Gasteiger partial charge in [-0.3, -0.25) is 0 Å². The van der Waals surface area contributed by atoms with E-state index in [0.29, 0.717) is 17.2 Å². The van der Waals surface area contributed by atoms with E-state index in [1.807, 2.05) is 24.3 Å². The van der Waals surface area contributed by atoms with Crippen molar-refractivity contribution in [2.45, 2.75) is 0 Å². The number of rotatable bonds is 4. The van der Waals surface area contributed by atoms with Crippen LogP contribution in [0, 0.1) is 5.82 Å². The molecule has 0 radical (unpaired) electrons. The van der Waals surface area contributed by atoms with Crippen LogP contribution in [0.1, 0.15) is 0 Å². The second kappa shape index (κ2) is 5.69. The molecule has 0 atom stereocenters. The molecular formula is C15H17FN2O2. The predicted octanol–water partition coefficient (Wildman–Crippen LogP) is 3.19. The van der Waals surface area contributed by atoms with Gasteiger partial charge in [0.2, 0.25) is 0 Å². The molecule has 4 nitrogen and oxygen atoms in total. The molecule has 0 aromatic heterocycles. The van der Waals surface area contributed by atoms with Crippen LogP contribution in [0.4, 0.5) is 21.5 Å². The van der Waals surface area contributed by atoms with Crippen LogP contribution in [0.5, 0.6) is 11.5 Å². The highest BCUT2D eigenvalue weighted by Gasteiger charge is 2.16. The summed E-state index contributed by atoms with van der Waals surface area (Å²) in [6.45, 7) is 0. The first-order valence-electron chi connectivity index (χ1n) is 6.08. The van der Waals surface area contributed by atoms with Gasteiger partial charge in [-0.05, 0) is 12.1 Å². The maximum absolute atomic E-state index is 14.1. The molecule has 2 N–H and O–H groups in total. The summed E-state index contributed by atoms with van der Waals surface area (Å²) in [5.41, 5.74) is 7.07. The summed E-state index contributed by atoms with van der Waals surface area (Å²) in [4.78, 5) is 1.69. The average molecular weight is 276 g/mol. The topological polar surface area (TPSA) is 47.7 Å². The van der Waals surface area contributed by atoms with Gasteiger partial charge in [0.1, 0.15) is 17.3 Å². The summed E-state index contributed by atoms with van der Waals surface area (Å²) < 4.78 is 24.5. The third-order valence-corrected chi connectivity index (χ3v) is 3.11. The predicted molar refractivity (Wildman–Crippen MR) is 78.4 cm³/mol. The Morgan fingerprint density at radius 2 is 1.65 bits per heavy atom. The summed E-state index contributed by atoms with van der Waals surface area (Å²) in [6.07, 6.45) is 0. The molecule has 2 aromatic carbocycles. The molecule has 0 heterocycles. The Bertz CT molecular complexity index is 617. The fourth-order valence-electron chi connectivity index (χ4n) is 2.03. The fraction of sp³-hybridized carbons (Fsp3) is 0.200. The van der Waals surface area contributed by atoms with Crippen molar-refractivity contribution in [2.75, 3.05) is 31.9 Å². The standard InChI is InChI=1S/C15H17FN2O2/c1-18(12-6-4-5-7-14(12)19-2)13-9-15(20-3)11(17)8-10(13)16/h4-9H,17H2,1-3H3. The van der Waals surface area contributed by atoms with E-state index in [-0.39, 0.29) is 5.69 Å². The molecule has 0 saturated heterocycles. The van der Waals surface area contributed by atoms with Crippen molar-refractivity contribution in [2.24, 2.45) is 0 Å². The number of hydrogen-bond donors (Lipinski definition) is 1. The first-order chi connectivity index (χ1) is 9.58. The summed E-state index contributed by atoms with van der Waals surface area (Å²) in [6, 6.07) is 10.2. The molecule has 2 rings (SSSR count). The van der Waals surface area contributed by atoms with Crippen LogP contribution in [0.3, 0.4) is 0 Å². The number of para-hydroxylation sites is 2. The summed E-state index contributed by atoms with van der Waals surface area (Å²) >= 11 is 0. The third kappa shape index (κ3) is 2.47. The van der Waals surface area contributed by atoms with Crippen molar-refractivity contribution >= 4 is 17.1 Å². The summed E-state index contributed by atoms with van der Waals surface area (Å²) in [5, 5.41) is 0. The fourth-order valence-corrected chi connectivity index (χ4v) is 2.03. The van der Waals surface area contributed by atoms with E-state index in [2.05, 4.69) is 0 Å². The van der Waals surface area contributed by atoms with Gasteiger partial charge in [-0.1, -0.05) is 12.1 Å². The van der Waals surface area contributed by atoms with Crippen LogP contribution in [0.15, 0.2) is 36.4 Å². The van der Waals surface area contributed by atoms with Gasteiger partial charge < -0.3 is 20.1 Å². The van der Waals surface area contributed by atoms with E-state index in [1.165, 1.54) is 13.2 Å². The van der Waals surface area contributed by atoms with Crippen LogP contribution in [-0.2, 0) is 0 Å². The van der Waals surface area contributed by atoms with Crippen molar-refractivity contribution in [3.63, 3.8) is 0 Å². The van der Waals surface area contributed by atoms with Gasteiger partial charge in [0, 0.05) is 19.2 Å². The van der Waals surface area contributed by atoms with Crippen molar-refractivity contribution in [1.29, 1.82) is 0 Å². The molecule has 0 amide bonds. The number of benzene rings is 2. The normalized spacial score (nSPS) is 10.2. The van der Waals surface area contributed by atoms with Gasteiger partial charge in [-0.25, -0.2) is 4.39 Å². The second-order valence-electron chi connectivity index (χ2n) is 4.28. The SMILES string of the molecule is COc1cc(N(C)c2ccccc2OC)c(F)cc1N. The highest BCUT2D eigenvalue weighted by atomic mass is 19.1. The number of hydrogen-bond acceptors (Lipinski definition) is 4. The Labute approximate surface area is 117 Å². The molecule has 0 fully saturated rings. The third-order valence-electron chi connectivity index (χ3n) is 3.11. The molecule has 0 aliphatic rings. The van der Waals surface area contributed by atoms with Crippen molar-refractivity contribution in [1.82, 2.24) is 0 Å². The van der Waals surface area contributed by atoms with Crippen LogP contribution < -0.4 is 20.1 Å². The number of anilines is 3. The molecule has 0 unspecified atom stereocenters. The number of halogens is 1.